The van der Waals surface area contributed by atoms with Crippen molar-refractivity contribution in [2.24, 2.45) is 0 Å². The van der Waals surface area contributed by atoms with E-state index in [2.05, 4.69) is 65.0 Å². The predicted octanol–water partition coefficient (Wildman–Crippen LogP) is 4.70. The summed E-state index contributed by atoms with van der Waals surface area (Å²) in [6.45, 7) is 4.99. The van der Waals surface area contributed by atoms with Gasteiger partial charge in [0.25, 0.3) is 0 Å². The van der Waals surface area contributed by atoms with Crippen LogP contribution in [-0.4, -0.2) is 28.6 Å². The lowest BCUT2D eigenvalue weighted by Crippen LogP contribution is -2.39. The maximum Gasteiger partial charge on any atom is 0.320 e. The monoisotopic (exact) mass is 387 g/mol. The van der Waals surface area contributed by atoms with Crippen LogP contribution in [0.1, 0.15) is 41.1 Å². The fourth-order valence-corrected chi connectivity index (χ4v) is 4.02. The summed E-state index contributed by atoms with van der Waals surface area (Å²) in [5.41, 5.74) is 4.72. The zero-order valence-electron chi connectivity index (χ0n) is 14.0. The van der Waals surface area contributed by atoms with Gasteiger partial charge in [0, 0.05) is 11.0 Å². The number of carboxylic acid groups (broad SMARTS) is 1. The van der Waals surface area contributed by atoms with Gasteiger partial charge in [0.2, 0.25) is 0 Å². The molecule has 0 radical (unpaired) electrons. The molecule has 24 heavy (non-hydrogen) atoms. The van der Waals surface area contributed by atoms with Crippen LogP contribution in [-0.2, 0) is 4.79 Å². The summed E-state index contributed by atoms with van der Waals surface area (Å²) >= 11 is 3.48. The van der Waals surface area contributed by atoms with E-state index >= 15 is 0 Å². The molecule has 0 saturated carbocycles. The van der Waals surface area contributed by atoms with Crippen molar-refractivity contribution in [1.29, 1.82) is 0 Å². The molecule has 0 aliphatic carbocycles. The first-order chi connectivity index (χ1) is 11.5. The highest BCUT2D eigenvalue weighted by Gasteiger charge is 2.36. The van der Waals surface area contributed by atoms with Gasteiger partial charge in [0.05, 0.1) is 6.04 Å². The van der Waals surface area contributed by atoms with E-state index in [1.165, 1.54) is 16.7 Å². The van der Waals surface area contributed by atoms with Crippen LogP contribution in [0.3, 0.4) is 0 Å². The summed E-state index contributed by atoms with van der Waals surface area (Å²) in [4.78, 5) is 13.9. The summed E-state index contributed by atoms with van der Waals surface area (Å²) in [6.07, 6.45) is 1.64. The van der Waals surface area contributed by atoms with Crippen molar-refractivity contribution in [2.75, 3.05) is 6.54 Å². The molecule has 1 aliphatic heterocycles. The van der Waals surface area contributed by atoms with E-state index in [-0.39, 0.29) is 6.04 Å². The quantitative estimate of drug-likeness (QED) is 0.825. The van der Waals surface area contributed by atoms with Gasteiger partial charge >= 0.3 is 5.97 Å². The molecule has 0 aromatic heterocycles. The third kappa shape index (κ3) is 3.55. The smallest absolute Gasteiger partial charge is 0.320 e. The summed E-state index contributed by atoms with van der Waals surface area (Å²) in [6, 6.07) is 14.3. The molecule has 3 nitrogen and oxygen atoms in total. The first kappa shape index (κ1) is 17.2. The minimum Gasteiger partial charge on any atom is -0.480 e. The van der Waals surface area contributed by atoms with Gasteiger partial charge in [-0.1, -0.05) is 57.4 Å². The van der Waals surface area contributed by atoms with Gasteiger partial charge in [0.15, 0.2) is 0 Å². The number of rotatable bonds is 4. The van der Waals surface area contributed by atoms with E-state index in [0.29, 0.717) is 6.42 Å². The average molecular weight is 388 g/mol. The Morgan fingerprint density at radius 1 is 1.12 bits per heavy atom. The summed E-state index contributed by atoms with van der Waals surface area (Å²) in [5.74, 6) is -0.723. The van der Waals surface area contributed by atoms with Crippen molar-refractivity contribution in [3.05, 3.63) is 69.2 Å². The molecule has 126 valence electrons. The van der Waals surface area contributed by atoms with E-state index in [4.69, 9.17) is 0 Å². The van der Waals surface area contributed by atoms with Crippen molar-refractivity contribution in [1.82, 2.24) is 4.90 Å². The Morgan fingerprint density at radius 2 is 1.75 bits per heavy atom. The number of benzene rings is 2. The van der Waals surface area contributed by atoms with Crippen LogP contribution in [0.5, 0.6) is 0 Å². The second-order valence-electron chi connectivity index (χ2n) is 6.61. The van der Waals surface area contributed by atoms with Crippen molar-refractivity contribution in [2.45, 2.75) is 38.8 Å². The van der Waals surface area contributed by atoms with E-state index in [0.717, 1.165) is 23.0 Å². The summed E-state index contributed by atoms with van der Waals surface area (Å²) in [5, 5.41) is 9.63. The lowest BCUT2D eigenvalue weighted by molar-refractivity contribution is -0.142. The number of hydrogen-bond acceptors (Lipinski definition) is 2. The van der Waals surface area contributed by atoms with Crippen molar-refractivity contribution < 1.29 is 9.90 Å². The maximum atomic E-state index is 11.7. The standard InChI is InChI=1S/C20H22BrNO2/c1-13-10-14(2)12-16(11-13)19(15-5-7-17(21)8-6-15)22-9-3-4-18(22)20(23)24/h5-8,10-12,18-19H,3-4,9H2,1-2H3,(H,23,24). The molecule has 3 rings (SSSR count). The maximum absolute atomic E-state index is 11.7. The number of carboxylic acids is 1. The van der Waals surface area contributed by atoms with E-state index in [1.54, 1.807) is 0 Å². The Morgan fingerprint density at radius 3 is 2.33 bits per heavy atom. The molecule has 1 heterocycles. The first-order valence-corrected chi connectivity index (χ1v) is 9.07. The molecule has 0 bridgehead atoms. The average Bonchev–Trinajstić information content (AvgIpc) is 2.98. The van der Waals surface area contributed by atoms with Crippen LogP contribution >= 0.6 is 15.9 Å². The predicted molar refractivity (Wildman–Crippen MR) is 99.3 cm³/mol. The van der Waals surface area contributed by atoms with Gasteiger partial charge in [-0.2, -0.15) is 0 Å². The van der Waals surface area contributed by atoms with Crippen molar-refractivity contribution >= 4 is 21.9 Å². The SMILES string of the molecule is Cc1cc(C)cc(C(c2ccc(Br)cc2)N2CCCC2C(=O)O)c1. The molecule has 1 N–H and O–H groups in total. The molecule has 2 aromatic rings. The van der Waals surface area contributed by atoms with Crippen LogP contribution in [0.4, 0.5) is 0 Å². The molecular formula is C20H22BrNO2. The molecule has 1 fully saturated rings. The highest BCUT2D eigenvalue weighted by atomic mass is 79.9. The zero-order valence-corrected chi connectivity index (χ0v) is 15.6. The number of halogens is 1. The Kier molecular flexibility index (Phi) is 5.07. The first-order valence-electron chi connectivity index (χ1n) is 8.28. The van der Waals surface area contributed by atoms with Gasteiger partial charge in [-0.25, -0.2) is 0 Å². The minimum absolute atomic E-state index is 0.0275. The van der Waals surface area contributed by atoms with Gasteiger partial charge in [-0.3, -0.25) is 9.69 Å². The van der Waals surface area contributed by atoms with Crippen LogP contribution < -0.4 is 0 Å². The third-order valence-corrected chi connectivity index (χ3v) is 5.19. The van der Waals surface area contributed by atoms with Crippen LogP contribution in [0.2, 0.25) is 0 Å². The van der Waals surface area contributed by atoms with Crippen molar-refractivity contribution in [3.63, 3.8) is 0 Å². The van der Waals surface area contributed by atoms with E-state index in [9.17, 15) is 9.90 Å². The van der Waals surface area contributed by atoms with Crippen LogP contribution in [0, 0.1) is 13.8 Å². The fourth-order valence-electron chi connectivity index (χ4n) is 3.75. The molecule has 2 atom stereocenters. The third-order valence-electron chi connectivity index (χ3n) is 4.66. The lowest BCUT2D eigenvalue weighted by atomic mass is 9.93. The molecule has 0 spiro atoms. The molecule has 4 heteroatoms. The second-order valence-corrected chi connectivity index (χ2v) is 7.52. The molecule has 1 saturated heterocycles. The second kappa shape index (κ2) is 7.08. The molecular weight excluding hydrogens is 366 g/mol. The molecule has 0 amide bonds. The van der Waals surface area contributed by atoms with Gasteiger partial charge in [-0.05, 0) is 49.9 Å². The molecule has 2 unspecified atom stereocenters. The minimum atomic E-state index is -0.723. The van der Waals surface area contributed by atoms with Gasteiger partial charge in [-0.15, -0.1) is 0 Å². The van der Waals surface area contributed by atoms with Crippen LogP contribution in [0.15, 0.2) is 46.9 Å². The number of carbonyl (C=O) groups is 1. The summed E-state index contributed by atoms with van der Waals surface area (Å²) in [7, 11) is 0. The van der Waals surface area contributed by atoms with Gasteiger partial charge in [0.1, 0.15) is 6.04 Å². The Hall–Kier alpha value is -1.65. The van der Waals surface area contributed by atoms with Crippen molar-refractivity contribution in [3.8, 4) is 0 Å². The Balaban J connectivity index is 2.10. The number of aryl methyl sites for hydroxylation is 2. The normalized spacial score (nSPS) is 19.4. The lowest BCUT2D eigenvalue weighted by Gasteiger charge is -2.32. The molecule has 1 aliphatic rings. The number of hydrogen-bond donors (Lipinski definition) is 1. The molecule has 2 aromatic carbocycles. The highest BCUT2D eigenvalue weighted by molar-refractivity contribution is 9.10. The fraction of sp³-hybridized carbons (Fsp3) is 0.350. The zero-order chi connectivity index (χ0) is 17.3. The number of likely N-dealkylation sites (tertiary alicyclic amines) is 1. The number of nitrogens with zero attached hydrogens (tertiary/aromatic N) is 1. The van der Waals surface area contributed by atoms with E-state index in [1.807, 2.05) is 12.1 Å². The largest absolute Gasteiger partial charge is 0.480 e. The Labute approximate surface area is 151 Å². The van der Waals surface area contributed by atoms with Gasteiger partial charge < -0.3 is 5.11 Å². The Bertz CT molecular complexity index is 722. The van der Waals surface area contributed by atoms with E-state index < -0.39 is 12.0 Å². The number of aliphatic carboxylic acids is 1. The van der Waals surface area contributed by atoms with Crippen LogP contribution in [0.25, 0.3) is 0 Å². The topological polar surface area (TPSA) is 40.5 Å². The summed E-state index contributed by atoms with van der Waals surface area (Å²) < 4.78 is 1.03. The highest BCUT2D eigenvalue weighted by Crippen LogP contribution is 2.36.